The minimum absolute atomic E-state index is 0.0430. The van der Waals surface area contributed by atoms with Crippen molar-refractivity contribution in [2.45, 2.75) is 45.3 Å². The smallest absolute Gasteiger partial charge is 0.390 e. The van der Waals surface area contributed by atoms with Crippen LogP contribution in [0.15, 0.2) is 0 Å². The Kier molecular flexibility index (Phi) is 2.45. The van der Waals surface area contributed by atoms with E-state index < -0.39 is 22.1 Å². The molecule has 4 atom stereocenters. The van der Waals surface area contributed by atoms with Crippen LogP contribution in [0, 0.1) is 17.3 Å². The molecule has 0 aliphatic heterocycles. The lowest BCUT2D eigenvalue weighted by molar-refractivity contribution is -0.233. The van der Waals surface area contributed by atoms with Crippen LogP contribution in [0.4, 0.5) is 0 Å². The highest BCUT2D eigenvalue weighted by atomic mass is 32.3. The Morgan fingerprint density at radius 1 is 1.25 bits per heavy atom. The number of aliphatic hydroxyl groups is 1. The van der Waals surface area contributed by atoms with Crippen molar-refractivity contribution < 1.29 is 22.3 Å². The van der Waals surface area contributed by atoms with Crippen LogP contribution in [-0.2, 0) is 14.6 Å². The molecule has 6 heteroatoms. The van der Waals surface area contributed by atoms with Gasteiger partial charge in [0.25, 0.3) is 0 Å². The molecule has 2 N–H and O–H groups in total. The summed E-state index contributed by atoms with van der Waals surface area (Å²) in [5.41, 5.74) is -1.25. The molecule has 2 bridgehead atoms. The predicted molar refractivity (Wildman–Crippen MR) is 57.0 cm³/mol. The van der Waals surface area contributed by atoms with Crippen molar-refractivity contribution in [2.24, 2.45) is 17.3 Å². The first-order valence-electron chi connectivity index (χ1n) is 5.43. The number of rotatable bonds is 2. The van der Waals surface area contributed by atoms with Gasteiger partial charge in [-0.05, 0) is 37.0 Å². The van der Waals surface area contributed by atoms with Crippen molar-refractivity contribution >= 4 is 10.4 Å². The van der Waals surface area contributed by atoms with Crippen LogP contribution in [0.5, 0.6) is 0 Å². The Labute approximate surface area is 95.8 Å². The summed E-state index contributed by atoms with van der Waals surface area (Å²) in [6.07, 6.45) is 0.525. The van der Waals surface area contributed by atoms with Gasteiger partial charge in [-0.25, -0.2) is 4.18 Å². The van der Waals surface area contributed by atoms with Crippen LogP contribution in [0.1, 0.15) is 33.6 Å². The van der Waals surface area contributed by atoms with E-state index in [1.807, 2.05) is 13.8 Å². The summed E-state index contributed by atoms with van der Waals surface area (Å²) in [5.74, 6) is 0.362. The van der Waals surface area contributed by atoms with E-state index in [-0.39, 0.29) is 11.3 Å². The standard InChI is InChI=1S/C10H18O5S/c1-9(2)6-4-7(9)10(3,8(11)5-6)15-16(12,13)14/h6-8,11H,4-5H2,1-3H3,(H,12,13,14). The molecule has 0 aromatic carbocycles. The average molecular weight is 250 g/mol. The fraction of sp³-hybridized carbons (Fsp3) is 1.00. The molecule has 5 nitrogen and oxygen atoms in total. The monoisotopic (exact) mass is 250 g/mol. The molecule has 0 spiro atoms. The van der Waals surface area contributed by atoms with Crippen molar-refractivity contribution in [3.63, 3.8) is 0 Å². The summed E-state index contributed by atoms with van der Waals surface area (Å²) >= 11 is 0. The Morgan fingerprint density at radius 2 is 1.81 bits per heavy atom. The molecular weight excluding hydrogens is 232 g/mol. The molecule has 4 unspecified atom stereocenters. The van der Waals surface area contributed by atoms with E-state index in [4.69, 9.17) is 8.74 Å². The molecule has 0 amide bonds. The molecule has 0 radical (unpaired) electrons. The van der Waals surface area contributed by atoms with Gasteiger partial charge in [0.05, 0.1) is 6.10 Å². The summed E-state index contributed by atoms with van der Waals surface area (Å²) in [7, 11) is -4.53. The fourth-order valence-electron chi connectivity index (χ4n) is 3.46. The van der Waals surface area contributed by atoms with Crippen molar-refractivity contribution in [3.05, 3.63) is 0 Å². The van der Waals surface area contributed by atoms with Crippen LogP contribution in [0.25, 0.3) is 0 Å². The lowest BCUT2D eigenvalue weighted by Crippen LogP contribution is -2.67. The highest BCUT2D eigenvalue weighted by Crippen LogP contribution is 2.63. The lowest BCUT2D eigenvalue weighted by Gasteiger charge is -2.64. The molecule has 3 aliphatic rings. The van der Waals surface area contributed by atoms with Gasteiger partial charge in [-0.3, -0.25) is 4.55 Å². The third-order valence-electron chi connectivity index (χ3n) is 4.62. The highest BCUT2D eigenvalue weighted by molar-refractivity contribution is 7.80. The van der Waals surface area contributed by atoms with E-state index in [0.29, 0.717) is 12.3 Å². The van der Waals surface area contributed by atoms with Crippen LogP contribution in [0.2, 0.25) is 0 Å². The Morgan fingerprint density at radius 3 is 2.25 bits per heavy atom. The first-order valence-corrected chi connectivity index (χ1v) is 6.80. The predicted octanol–water partition coefficient (Wildman–Crippen LogP) is 0.991. The maximum atomic E-state index is 10.8. The molecule has 3 fully saturated rings. The zero-order valence-electron chi connectivity index (χ0n) is 9.67. The molecule has 3 saturated carbocycles. The van der Waals surface area contributed by atoms with Crippen LogP contribution in [0.3, 0.4) is 0 Å². The number of hydrogen-bond donors (Lipinski definition) is 2. The summed E-state index contributed by atoms with van der Waals surface area (Å²) in [4.78, 5) is 0. The zero-order chi connectivity index (χ0) is 12.4. The topological polar surface area (TPSA) is 83.8 Å². The van der Waals surface area contributed by atoms with E-state index in [0.717, 1.165) is 6.42 Å². The largest absolute Gasteiger partial charge is 0.397 e. The van der Waals surface area contributed by atoms with Gasteiger partial charge in [-0.15, -0.1) is 0 Å². The fourth-order valence-corrected chi connectivity index (χ4v) is 4.15. The van der Waals surface area contributed by atoms with Crippen LogP contribution >= 0.6 is 0 Å². The zero-order valence-corrected chi connectivity index (χ0v) is 10.5. The van der Waals surface area contributed by atoms with E-state index >= 15 is 0 Å². The summed E-state index contributed by atoms with van der Waals surface area (Å²) in [6.45, 7) is 5.65. The van der Waals surface area contributed by atoms with Crippen molar-refractivity contribution in [3.8, 4) is 0 Å². The maximum Gasteiger partial charge on any atom is 0.397 e. The van der Waals surface area contributed by atoms with E-state index in [1.165, 1.54) is 0 Å². The van der Waals surface area contributed by atoms with Gasteiger partial charge in [0.1, 0.15) is 5.60 Å². The molecule has 0 heterocycles. The highest BCUT2D eigenvalue weighted by Gasteiger charge is 2.65. The van der Waals surface area contributed by atoms with Crippen LogP contribution in [-0.4, -0.2) is 29.8 Å². The number of fused-ring (bicyclic) bond motifs is 2. The Balaban J connectivity index is 2.31. The normalized spacial score (nSPS) is 46.2. The first-order chi connectivity index (χ1) is 7.07. The minimum atomic E-state index is -4.53. The summed E-state index contributed by atoms with van der Waals surface area (Å²) in [6, 6.07) is 0. The third kappa shape index (κ3) is 1.59. The van der Waals surface area contributed by atoms with Gasteiger partial charge >= 0.3 is 10.4 Å². The minimum Gasteiger partial charge on any atom is -0.390 e. The van der Waals surface area contributed by atoms with E-state index in [1.54, 1.807) is 6.92 Å². The van der Waals surface area contributed by atoms with Gasteiger partial charge in [-0.2, -0.15) is 8.42 Å². The third-order valence-corrected chi connectivity index (χ3v) is 5.19. The molecule has 16 heavy (non-hydrogen) atoms. The maximum absolute atomic E-state index is 10.8. The number of aliphatic hydroxyl groups excluding tert-OH is 1. The molecule has 3 rings (SSSR count). The number of hydrogen-bond acceptors (Lipinski definition) is 4. The van der Waals surface area contributed by atoms with E-state index in [9.17, 15) is 13.5 Å². The second-order valence-corrected chi connectivity index (χ2v) is 6.78. The van der Waals surface area contributed by atoms with Gasteiger partial charge < -0.3 is 5.11 Å². The molecule has 0 aromatic heterocycles. The second kappa shape index (κ2) is 3.19. The molecule has 0 aromatic rings. The van der Waals surface area contributed by atoms with Crippen LogP contribution < -0.4 is 0 Å². The Hall–Kier alpha value is -0.170. The SMILES string of the molecule is CC1(C)C2CC(O)C(C)(OS(=O)(=O)O)C1C2. The second-order valence-electron chi connectivity index (χ2n) is 5.75. The van der Waals surface area contributed by atoms with E-state index in [2.05, 4.69) is 0 Å². The van der Waals surface area contributed by atoms with Crippen molar-refractivity contribution in [1.29, 1.82) is 0 Å². The molecule has 0 saturated heterocycles. The van der Waals surface area contributed by atoms with Crippen molar-refractivity contribution in [1.82, 2.24) is 0 Å². The Bertz CT molecular complexity index is 401. The molecule has 3 aliphatic carbocycles. The summed E-state index contributed by atoms with van der Waals surface area (Å²) in [5, 5.41) is 9.92. The van der Waals surface area contributed by atoms with Gasteiger partial charge in [0, 0.05) is 0 Å². The first kappa shape index (κ1) is 12.3. The lowest BCUT2D eigenvalue weighted by atomic mass is 9.43. The van der Waals surface area contributed by atoms with Gasteiger partial charge in [0.2, 0.25) is 0 Å². The summed E-state index contributed by atoms with van der Waals surface area (Å²) < 4.78 is 35.2. The van der Waals surface area contributed by atoms with Gasteiger partial charge in [0.15, 0.2) is 0 Å². The average Bonchev–Trinajstić information content (AvgIpc) is 2.05. The quantitative estimate of drug-likeness (QED) is 0.714. The van der Waals surface area contributed by atoms with Gasteiger partial charge in [-0.1, -0.05) is 13.8 Å². The molecular formula is C10H18O5S. The molecule has 94 valence electrons. The van der Waals surface area contributed by atoms with Crippen molar-refractivity contribution in [2.75, 3.05) is 0 Å².